The highest BCUT2D eigenvalue weighted by Gasteiger charge is 2.48. The van der Waals surface area contributed by atoms with Gasteiger partial charge in [0.05, 0.1) is 17.5 Å². The number of hydrogen-bond acceptors (Lipinski definition) is 3. The van der Waals surface area contributed by atoms with Gasteiger partial charge in [-0.2, -0.15) is 0 Å². The monoisotopic (exact) mass is 264 g/mol. The summed E-state index contributed by atoms with van der Waals surface area (Å²) in [5.74, 6) is -2.25. The third-order valence-electron chi connectivity index (χ3n) is 3.16. The van der Waals surface area contributed by atoms with Gasteiger partial charge in [0.25, 0.3) is 5.56 Å². The van der Waals surface area contributed by atoms with Gasteiger partial charge in [-0.3, -0.25) is 14.4 Å². The molecule has 1 aliphatic rings. The Morgan fingerprint density at radius 3 is 2.74 bits per heavy atom. The summed E-state index contributed by atoms with van der Waals surface area (Å²) in [5, 5.41) is 11.4. The zero-order valence-corrected chi connectivity index (χ0v) is 10.6. The number of nitrogens with zero attached hydrogens (tertiary/aromatic N) is 1. The quantitative estimate of drug-likeness (QED) is 0.827. The molecule has 1 saturated carbocycles. The number of carbonyl (C=O) groups excluding carboxylic acids is 1. The Hall–Kier alpha value is -2.11. The molecule has 102 valence electrons. The number of aromatic nitrogens is 1. The molecule has 0 spiro atoms. The molecule has 0 saturated heterocycles. The molecule has 0 aromatic carbocycles. The maximum Gasteiger partial charge on any atom is 0.307 e. The summed E-state index contributed by atoms with van der Waals surface area (Å²) in [5.41, 5.74) is 0.406. The number of rotatable bonds is 5. The van der Waals surface area contributed by atoms with Gasteiger partial charge >= 0.3 is 5.97 Å². The van der Waals surface area contributed by atoms with E-state index in [1.807, 2.05) is 6.92 Å². The maximum absolute atomic E-state index is 11.8. The van der Waals surface area contributed by atoms with Crippen LogP contribution in [0.15, 0.2) is 23.1 Å². The summed E-state index contributed by atoms with van der Waals surface area (Å²) in [7, 11) is 0. The third kappa shape index (κ3) is 3.01. The smallest absolute Gasteiger partial charge is 0.307 e. The van der Waals surface area contributed by atoms with Crippen LogP contribution in [0.4, 0.5) is 5.69 Å². The van der Waals surface area contributed by atoms with E-state index < -0.39 is 17.8 Å². The molecule has 1 amide bonds. The van der Waals surface area contributed by atoms with Crippen molar-refractivity contribution in [2.45, 2.75) is 26.3 Å². The van der Waals surface area contributed by atoms with Crippen molar-refractivity contribution in [3.63, 3.8) is 0 Å². The number of carboxylic acids is 1. The SMILES string of the molecule is CCCn1cc(NC(=O)[C@@H]2C[C@@H]2C(=O)O)ccc1=O. The predicted octanol–water partition coefficient (Wildman–Crippen LogP) is 0.917. The number of anilines is 1. The van der Waals surface area contributed by atoms with E-state index in [-0.39, 0.29) is 11.5 Å². The molecule has 0 radical (unpaired) electrons. The van der Waals surface area contributed by atoms with Gasteiger partial charge in [-0.05, 0) is 18.9 Å². The maximum atomic E-state index is 11.8. The second kappa shape index (κ2) is 5.26. The Labute approximate surface area is 110 Å². The van der Waals surface area contributed by atoms with Crippen molar-refractivity contribution in [3.05, 3.63) is 28.7 Å². The summed E-state index contributed by atoms with van der Waals surface area (Å²) in [4.78, 5) is 34.0. The molecule has 1 aromatic rings. The number of amides is 1. The molecule has 1 fully saturated rings. The van der Waals surface area contributed by atoms with Crippen molar-refractivity contribution in [3.8, 4) is 0 Å². The van der Waals surface area contributed by atoms with Crippen molar-refractivity contribution in [1.29, 1.82) is 0 Å². The Morgan fingerprint density at radius 2 is 2.16 bits per heavy atom. The zero-order chi connectivity index (χ0) is 14.0. The van der Waals surface area contributed by atoms with E-state index in [1.54, 1.807) is 6.20 Å². The highest BCUT2D eigenvalue weighted by atomic mass is 16.4. The van der Waals surface area contributed by atoms with Gasteiger partial charge < -0.3 is 15.0 Å². The Morgan fingerprint density at radius 1 is 1.42 bits per heavy atom. The second-order valence-electron chi connectivity index (χ2n) is 4.73. The average Bonchev–Trinajstić information content (AvgIpc) is 3.14. The molecule has 6 nitrogen and oxygen atoms in total. The Bertz CT molecular complexity index is 564. The lowest BCUT2D eigenvalue weighted by Crippen LogP contribution is -2.21. The summed E-state index contributed by atoms with van der Waals surface area (Å²) in [6.07, 6.45) is 2.79. The number of aliphatic carboxylic acids is 1. The lowest BCUT2D eigenvalue weighted by molar-refractivity contribution is -0.139. The first-order chi connectivity index (χ1) is 9.02. The highest BCUT2D eigenvalue weighted by Crippen LogP contribution is 2.39. The van der Waals surface area contributed by atoms with Crippen molar-refractivity contribution < 1.29 is 14.7 Å². The Kier molecular flexibility index (Phi) is 3.69. The van der Waals surface area contributed by atoms with Gasteiger partial charge in [-0.25, -0.2) is 0 Å². The van der Waals surface area contributed by atoms with Crippen LogP contribution in [0.1, 0.15) is 19.8 Å². The van der Waals surface area contributed by atoms with Crippen LogP contribution in [0.2, 0.25) is 0 Å². The van der Waals surface area contributed by atoms with Crippen molar-refractivity contribution in [1.82, 2.24) is 4.57 Å². The van der Waals surface area contributed by atoms with Crippen molar-refractivity contribution in [2.75, 3.05) is 5.32 Å². The largest absolute Gasteiger partial charge is 0.481 e. The highest BCUT2D eigenvalue weighted by molar-refractivity contribution is 5.98. The number of carbonyl (C=O) groups is 2. The first-order valence-corrected chi connectivity index (χ1v) is 6.27. The van der Waals surface area contributed by atoms with Crippen LogP contribution in [0.25, 0.3) is 0 Å². The average molecular weight is 264 g/mol. The van der Waals surface area contributed by atoms with Gasteiger partial charge in [0.1, 0.15) is 0 Å². The first-order valence-electron chi connectivity index (χ1n) is 6.27. The number of hydrogen-bond donors (Lipinski definition) is 2. The van der Waals surface area contributed by atoms with Crippen LogP contribution < -0.4 is 10.9 Å². The minimum absolute atomic E-state index is 0.116. The van der Waals surface area contributed by atoms with E-state index in [0.29, 0.717) is 18.7 Å². The summed E-state index contributed by atoms with van der Waals surface area (Å²) >= 11 is 0. The molecular weight excluding hydrogens is 248 g/mol. The summed E-state index contributed by atoms with van der Waals surface area (Å²) in [6.45, 7) is 2.54. The molecule has 2 rings (SSSR count). The van der Waals surface area contributed by atoms with Crippen LogP contribution in [-0.2, 0) is 16.1 Å². The number of nitrogens with one attached hydrogen (secondary N) is 1. The molecule has 6 heteroatoms. The molecule has 1 aliphatic carbocycles. The molecule has 2 atom stereocenters. The van der Waals surface area contributed by atoms with E-state index in [9.17, 15) is 14.4 Å². The first kappa shape index (κ1) is 13.3. The van der Waals surface area contributed by atoms with Crippen molar-refractivity contribution in [2.24, 2.45) is 11.8 Å². The van der Waals surface area contributed by atoms with Gasteiger partial charge in [0, 0.05) is 18.8 Å². The van der Waals surface area contributed by atoms with Crippen LogP contribution >= 0.6 is 0 Å². The van der Waals surface area contributed by atoms with E-state index in [1.165, 1.54) is 16.7 Å². The molecular formula is C13H16N2O4. The molecule has 1 heterocycles. The van der Waals surface area contributed by atoms with E-state index in [2.05, 4.69) is 5.32 Å². The molecule has 0 aliphatic heterocycles. The number of carboxylic acid groups (broad SMARTS) is 1. The Balaban J connectivity index is 2.04. The minimum Gasteiger partial charge on any atom is -0.481 e. The van der Waals surface area contributed by atoms with Crippen LogP contribution in [-0.4, -0.2) is 21.6 Å². The fourth-order valence-corrected chi connectivity index (χ4v) is 2.01. The van der Waals surface area contributed by atoms with Crippen molar-refractivity contribution >= 4 is 17.6 Å². The molecule has 0 unspecified atom stereocenters. The molecule has 19 heavy (non-hydrogen) atoms. The molecule has 1 aromatic heterocycles. The molecule has 2 N–H and O–H groups in total. The molecule has 0 bridgehead atoms. The standard InChI is InChI=1S/C13H16N2O4/c1-2-5-15-7-8(3-4-11(15)16)14-12(17)9-6-10(9)13(18)19/h3-4,7,9-10H,2,5-6H2,1H3,(H,14,17)(H,18,19)/t9-,10+/m1/s1. The normalized spacial score (nSPS) is 20.9. The topological polar surface area (TPSA) is 88.4 Å². The van der Waals surface area contributed by atoms with E-state index in [4.69, 9.17) is 5.11 Å². The minimum atomic E-state index is -0.934. The van der Waals surface area contributed by atoms with Crippen LogP contribution in [0.3, 0.4) is 0 Å². The van der Waals surface area contributed by atoms with E-state index >= 15 is 0 Å². The second-order valence-corrected chi connectivity index (χ2v) is 4.73. The van der Waals surface area contributed by atoms with E-state index in [0.717, 1.165) is 6.42 Å². The van der Waals surface area contributed by atoms with Gasteiger partial charge in [-0.1, -0.05) is 6.92 Å². The third-order valence-corrected chi connectivity index (χ3v) is 3.16. The van der Waals surface area contributed by atoms with Crippen LogP contribution in [0.5, 0.6) is 0 Å². The van der Waals surface area contributed by atoms with Crippen LogP contribution in [0, 0.1) is 11.8 Å². The number of aryl methyl sites for hydroxylation is 1. The predicted molar refractivity (Wildman–Crippen MR) is 68.9 cm³/mol. The van der Waals surface area contributed by atoms with Gasteiger partial charge in [0.2, 0.25) is 5.91 Å². The fourth-order valence-electron chi connectivity index (χ4n) is 2.01. The van der Waals surface area contributed by atoms with Gasteiger partial charge in [-0.15, -0.1) is 0 Å². The lowest BCUT2D eigenvalue weighted by atomic mass is 10.3. The summed E-state index contributed by atoms with van der Waals surface area (Å²) < 4.78 is 1.52. The fraction of sp³-hybridized carbons (Fsp3) is 0.462. The summed E-state index contributed by atoms with van der Waals surface area (Å²) in [6, 6.07) is 2.93. The number of pyridine rings is 1. The zero-order valence-electron chi connectivity index (χ0n) is 10.6. The van der Waals surface area contributed by atoms with Gasteiger partial charge in [0.15, 0.2) is 0 Å². The lowest BCUT2D eigenvalue weighted by Gasteiger charge is -2.08.